The molecular formula is C22H18ClN2O4-. The first-order valence-electron chi connectivity index (χ1n) is 8.86. The fourth-order valence-electron chi connectivity index (χ4n) is 2.73. The van der Waals surface area contributed by atoms with Crippen LogP contribution in [-0.4, -0.2) is 28.1 Å². The van der Waals surface area contributed by atoms with Gasteiger partial charge in [0.1, 0.15) is 17.5 Å². The molecule has 0 aliphatic rings. The zero-order valence-corrected chi connectivity index (χ0v) is 16.4. The maximum atomic E-state index is 12.4. The number of nitrogens with zero attached hydrogens (tertiary/aromatic N) is 2. The minimum Gasteiger partial charge on any atom is -0.546 e. The van der Waals surface area contributed by atoms with Crippen LogP contribution >= 0.6 is 11.6 Å². The molecule has 0 bridgehead atoms. The number of carboxylic acid groups (broad SMARTS) is 1. The van der Waals surface area contributed by atoms with Gasteiger partial charge in [0.2, 0.25) is 0 Å². The highest BCUT2D eigenvalue weighted by Gasteiger charge is 2.12. The first kappa shape index (κ1) is 20.4. The highest BCUT2D eigenvalue weighted by atomic mass is 35.5. The van der Waals surface area contributed by atoms with Crippen LogP contribution in [0.3, 0.4) is 0 Å². The van der Waals surface area contributed by atoms with E-state index in [1.807, 2.05) is 37.3 Å². The van der Waals surface area contributed by atoms with E-state index in [1.54, 1.807) is 22.9 Å². The molecule has 2 aromatic carbocycles. The standard InChI is InChI=1S/C22H19ClN2O4/c1-15-19(22(23)25(24-15)13-16-5-3-2-4-6-16)11-12-20(26)17-7-9-18(10-8-17)29-14-21(27)28/h2-12H,13-14H2,1H3,(H,27,28)/p-1/b12-11+. The van der Waals surface area contributed by atoms with E-state index in [4.69, 9.17) is 16.3 Å². The molecule has 3 rings (SSSR count). The summed E-state index contributed by atoms with van der Waals surface area (Å²) < 4.78 is 6.69. The molecule has 1 heterocycles. The van der Waals surface area contributed by atoms with E-state index in [1.165, 1.54) is 18.2 Å². The molecule has 0 fully saturated rings. The Balaban J connectivity index is 1.70. The van der Waals surface area contributed by atoms with Crippen molar-refractivity contribution in [1.29, 1.82) is 0 Å². The number of rotatable bonds is 8. The molecule has 3 aromatic rings. The quantitative estimate of drug-likeness (QED) is 0.422. The Kier molecular flexibility index (Phi) is 6.46. The van der Waals surface area contributed by atoms with Crippen LogP contribution in [0.15, 0.2) is 60.7 Å². The van der Waals surface area contributed by atoms with E-state index < -0.39 is 12.6 Å². The third-order valence-corrected chi connectivity index (χ3v) is 4.58. The molecule has 6 nitrogen and oxygen atoms in total. The molecule has 29 heavy (non-hydrogen) atoms. The van der Waals surface area contributed by atoms with Crippen LogP contribution in [0.2, 0.25) is 5.15 Å². The van der Waals surface area contributed by atoms with Crippen LogP contribution in [0.25, 0.3) is 6.08 Å². The Morgan fingerprint density at radius 1 is 1.14 bits per heavy atom. The van der Waals surface area contributed by atoms with Crippen molar-refractivity contribution in [1.82, 2.24) is 9.78 Å². The summed E-state index contributed by atoms with van der Waals surface area (Å²) >= 11 is 6.46. The highest BCUT2D eigenvalue weighted by Crippen LogP contribution is 2.23. The molecule has 0 N–H and O–H groups in total. The first-order valence-corrected chi connectivity index (χ1v) is 9.24. The van der Waals surface area contributed by atoms with Gasteiger partial charge in [-0.3, -0.25) is 4.79 Å². The number of carbonyl (C=O) groups excluding carboxylic acids is 2. The topological polar surface area (TPSA) is 84.2 Å². The summed E-state index contributed by atoms with van der Waals surface area (Å²) in [5, 5.41) is 15.3. The Bertz CT molecular complexity index is 1040. The highest BCUT2D eigenvalue weighted by molar-refractivity contribution is 6.31. The summed E-state index contributed by atoms with van der Waals surface area (Å²) in [5.74, 6) is -1.19. The second kappa shape index (κ2) is 9.21. The number of aliphatic carboxylic acids is 1. The molecular weight excluding hydrogens is 392 g/mol. The first-order chi connectivity index (χ1) is 13.9. The Hall–Kier alpha value is -3.38. The van der Waals surface area contributed by atoms with Crippen LogP contribution in [-0.2, 0) is 11.3 Å². The van der Waals surface area contributed by atoms with E-state index in [0.717, 1.165) is 11.3 Å². The largest absolute Gasteiger partial charge is 0.546 e. The van der Waals surface area contributed by atoms with Gasteiger partial charge in [0.25, 0.3) is 0 Å². The van der Waals surface area contributed by atoms with Crippen molar-refractivity contribution in [3.8, 4) is 5.75 Å². The average molecular weight is 410 g/mol. The fraction of sp³-hybridized carbons (Fsp3) is 0.136. The fourth-order valence-corrected chi connectivity index (χ4v) is 3.03. The maximum absolute atomic E-state index is 12.4. The van der Waals surface area contributed by atoms with Crippen LogP contribution < -0.4 is 9.84 Å². The molecule has 0 radical (unpaired) electrons. The van der Waals surface area contributed by atoms with E-state index in [-0.39, 0.29) is 5.78 Å². The van der Waals surface area contributed by atoms with Gasteiger partial charge in [-0.05, 0) is 48.9 Å². The van der Waals surface area contributed by atoms with Crippen molar-refractivity contribution in [2.45, 2.75) is 13.5 Å². The Morgan fingerprint density at radius 2 is 1.83 bits per heavy atom. The summed E-state index contributed by atoms with van der Waals surface area (Å²) in [7, 11) is 0. The van der Waals surface area contributed by atoms with Gasteiger partial charge in [0, 0.05) is 11.1 Å². The maximum Gasteiger partial charge on any atom is 0.185 e. The number of hydrogen-bond donors (Lipinski definition) is 0. The van der Waals surface area contributed by atoms with Crippen molar-refractivity contribution < 1.29 is 19.4 Å². The normalized spacial score (nSPS) is 11.0. The number of aryl methyl sites for hydroxylation is 1. The molecule has 0 amide bonds. The second-order valence-corrected chi connectivity index (χ2v) is 6.67. The van der Waals surface area contributed by atoms with Crippen LogP contribution in [0.5, 0.6) is 5.75 Å². The summed E-state index contributed by atoms with van der Waals surface area (Å²) in [4.78, 5) is 22.8. The lowest BCUT2D eigenvalue weighted by molar-refractivity contribution is -0.307. The van der Waals surface area contributed by atoms with E-state index in [2.05, 4.69) is 5.10 Å². The lowest BCUT2D eigenvalue weighted by Gasteiger charge is -2.06. The molecule has 7 heteroatoms. The lowest BCUT2D eigenvalue weighted by Crippen LogP contribution is -2.28. The number of ketones is 1. The van der Waals surface area contributed by atoms with Gasteiger partial charge in [-0.1, -0.05) is 41.9 Å². The SMILES string of the molecule is Cc1nn(Cc2ccccc2)c(Cl)c1/C=C/C(=O)c1ccc(OCC(=O)[O-])cc1. The Labute approximate surface area is 173 Å². The van der Waals surface area contributed by atoms with Gasteiger partial charge in [0.05, 0.1) is 18.2 Å². The van der Waals surface area contributed by atoms with Gasteiger partial charge >= 0.3 is 0 Å². The molecule has 0 saturated carbocycles. The summed E-state index contributed by atoms with van der Waals surface area (Å²) in [5.41, 5.74) is 2.92. The van der Waals surface area contributed by atoms with Gasteiger partial charge in [0.15, 0.2) is 5.78 Å². The summed E-state index contributed by atoms with van der Waals surface area (Å²) in [6.07, 6.45) is 3.08. The molecule has 0 aliphatic carbocycles. The zero-order chi connectivity index (χ0) is 20.8. The summed E-state index contributed by atoms with van der Waals surface area (Å²) in [6, 6.07) is 16.0. The minimum atomic E-state index is -1.31. The number of ether oxygens (including phenoxy) is 1. The number of carboxylic acids is 1. The number of aromatic nitrogens is 2. The van der Waals surface area contributed by atoms with Gasteiger partial charge < -0.3 is 14.6 Å². The minimum absolute atomic E-state index is 0.220. The van der Waals surface area contributed by atoms with Crippen molar-refractivity contribution in [2.75, 3.05) is 6.61 Å². The molecule has 0 saturated heterocycles. The van der Waals surface area contributed by atoms with Crippen molar-refractivity contribution in [3.63, 3.8) is 0 Å². The molecule has 148 valence electrons. The number of allylic oxidation sites excluding steroid dienone is 1. The Morgan fingerprint density at radius 3 is 2.48 bits per heavy atom. The predicted molar refractivity (Wildman–Crippen MR) is 108 cm³/mol. The van der Waals surface area contributed by atoms with Gasteiger partial charge in [-0.25, -0.2) is 4.68 Å². The number of carbonyl (C=O) groups is 2. The number of halogens is 1. The zero-order valence-electron chi connectivity index (χ0n) is 15.7. The van der Waals surface area contributed by atoms with E-state index >= 15 is 0 Å². The number of hydrogen-bond acceptors (Lipinski definition) is 5. The average Bonchev–Trinajstić information content (AvgIpc) is 2.98. The summed E-state index contributed by atoms with van der Waals surface area (Å²) in [6.45, 7) is 1.83. The predicted octanol–water partition coefficient (Wildman–Crippen LogP) is 2.92. The molecule has 1 aromatic heterocycles. The van der Waals surface area contributed by atoms with Gasteiger partial charge in [-0.15, -0.1) is 0 Å². The van der Waals surface area contributed by atoms with Crippen molar-refractivity contribution in [2.24, 2.45) is 0 Å². The van der Waals surface area contributed by atoms with Crippen LogP contribution in [0.1, 0.15) is 27.2 Å². The second-order valence-electron chi connectivity index (χ2n) is 6.32. The van der Waals surface area contributed by atoms with Crippen molar-refractivity contribution >= 4 is 29.4 Å². The van der Waals surface area contributed by atoms with E-state index in [0.29, 0.717) is 28.6 Å². The third-order valence-electron chi connectivity index (χ3n) is 4.18. The molecule has 0 aliphatic heterocycles. The monoisotopic (exact) mass is 409 g/mol. The molecule has 0 spiro atoms. The van der Waals surface area contributed by atoms with Crippen LogP contribution in [0.4, 0.5) is 0 Å². The smallest absolute Gasteiger partial charge is 0.185 e. The molecule has 0 atom stereocenters. The number of benzene rings is 2. The lowest BCUT2D eigenvalue weighted by atomic mass is 10.1. The van der Waals surface area contributed by atoms with Gasteiger partial charge in [-0.2, -0.15) is 5.10 Å². The van der Waals surface area contributed by atoms with E-state index in [9.17, 15) is 14.7 Å². The van der Waals surface area contributed by atoms with Crippen LogP contribution in [0, 0.1) is 6.92 Å². The molecule has 0 unspecified atom stereocenters. The van der Waals surface area contributed by atoms with Crippen molar-refractivity contribution in [3.05, 3.63) is 88.2 Å². The third kappa shape index (κ3) is 5.33.